The topological polar surface area (TPSA) is 70.2 Å². The molecule has 0 aliphatic carbocycles. The van der Waals surface area contributed by atoms with Crippen LogP contribution in [0.15, 0.2) is 72.8 Å². The minimum Gasteiger partial charge on any atom is -0.298 e. The predicted octanol–water partition coefficient (Wildman–Crippen LogP) is 3.77. The Morgan fingerprint density at radius 1 is 0.931 bits per heavy atom. The number of fused-ring (bicyclic) bond motifs is 1. The van der Waals surface area contributed by atoms with Gasteiger partial charge in [-0.15, -0.1) is 0 Å². The number of halogens is 1. The summed E-state index contributed by atoms with van der Waals surface area (Å²) >= 11 is 11.1. The van der Waals surface area contributed by atoms with Crippen molar-refractivity contribution in [1.82, 2.24) is 16.2 Å². The molecule has 0 bridgehead atoms. The Kier molecular flexibility index (Phi) is 6.94. The molecule has 0 fully saturated rings. The van der Waals surface area contributed by atoms with Crippen LogP contribution in [0.2, 0.25) is 5.02 Å². The predicted molar refractivity (Wildman–Crippen MR) is 120 cm³/mol. The fraction of sp³-hybridized carbons (Fsp3) is 0.0455. The number of carbonyl (C=O) groups excluding carboxylic acids is 2. The highest BCUT2D eigenvalue weighted by Crippen LogP contribution is 2.18. The van der Waals surface area contributed by atoms with Gasteiger partial charge in [0.05, 0.1) is 6.42 Å². The van der Waals surface area contributed by atoms with Crippen LogP contribution in [0.5, 0.6) is 0 Å². The maximum absolute atomic E-state index is 12.2. The van der Waals surface area contributed by atoms with Crippen molar-refractivity contribution in [2.45, 2.75) is 6.42 Å². The molecule has 0 radical (unpaired) electrons. The average molecular weight is 424 g/mol. The highest BCUT2D eigenvalue weighted by Gasteiger charge is 2.08. The third kappa shape index (κ3) is 5.88. The molecule has 29 heavy (non-hydrogen) atoms. The van der Waals surface area contributed by atoms with E-state index < -0.39 is 5.91 Å². The summed E-state index contributed by atoms with van der Waals surface area (Å²) in [5.74, 6) is -0.713. The van der Waals surface area contributed by atoms with Gasteiger partial charge in [-0.2, -0.15) is 0 Å². The van der Waals surface area contributed by atoms with Crippen LogP contribution >= 0.6 is 23.8 Å². The van der Waals surface area contributed by atoms with Crippen LogP contribution in [0.4, 0.5) is 0 Å². The molecule has 0 spiro atoms. The van der Waals surface area contributed by atoms with Gasteiger partial charge in [0.1, 0.15) is 0 Å². The van der Waals surface area contributed by atoms with Crippen LogP contribution in [-0.2, 0) is 16.0 Å². The number of hydrogen-bond donors (Lipinski definition) is 3. The fourth-order valence-corrected chi connectivity index (χ4v) is 3.10. The van der Waals surface area contributed by atoms with Gasteiger partial charge in [0, 0.05) is 11.1 Å². The minimum absolute atomic E-state index is 0.00919. The fourth-order valence-electron chi connectivity index (χ4n) is 2.75. The van der Waals surface area contributed by atoms with E-state index in [-0.39, 0.29) is 17.4 Å². The van der Waals surface area contributed by atoms with Crippen LogP contribution in [-0.4, -0.2) is 16.9 Å². The van der Waals surface area contributed by atoms with Crippen LogP contribution in [0.1, 0.15) is 11.1 Å². The van der Waals surface area contributed by atoms with Gasteiger partial charge in [0.15, 0.2) is 5.11 Å². The normalized spacial score (nSPS) is 10.7. The quantitative estimate of drug-likeness (QED) is 0.339. The van der Waals surface area contributed by atoms with Gasteiger partial charge in [-0.25, -0.2) is 0 Å². The molecule has 0 saturated heterocycles. The summed E-state index contributed by atoms with van der Waals surface area (Å²) in [5, 5.41) is 5.07. The Bertz CT molecular complexity index is 1090. The van der Waals surface area contributed by atoms with E-state index >= 15 is 0 Å². The second-order valence-electron chi connectivity index (χ2n) is 6.16. The smallest absolute Gasteiger partial charge is 0.250 e. The van der Waals surface area contributed by atoms with Gasteiger partial charge >= 0.3 is 0 Å². The van der Waals surface area contributed by atoms with E-state index in [2.05, 4.69) is 16.2 Å². The Balaban J connectivity index is 1.49. The summed E-state index contributed by atoms with van der Waals surface area (Å²) in [4.78, 5) is 24.2. The number of benzene rings is 3. The first-order chi connectivity index (χ1) is 14.0. The molecule has 7 heteroatoms. The summed E-state index contributed by atoms with van der Waals surface area (Å²) in [7, 11) is 0. The monoisotopic (exact) mass is 423 g/mol. The summed E-state index contributed by atoms with van der Waals surface area (Å²) in [6.07, 6.45) is 3.07. The maximum atomic E-state index is 12.2. The molecule has 0 saturated carbocycles. The number of rotatable bonds is 4. The lowest BCUT2D eigenvalue weighted by Gasteiger charge is -2.11. The minimum atomic E-state index is -0.439. The van der Waals surface area contributed by atoms with E-state index in [1.165, 1.54) is 6.08 Å². The Morgan fingerprint density at radius 3 is 2.48 bits per heavy atom. The number of hydrazine groups is 1. The van der Waals surface area contributed by atoms with Gasteiger partial charge in [0.2, 0.25) is 11.8 Å². The zero-order chi connectivity index (χ0) is 20.6. The lowest BCUT2D eigenvalue weighted by molar-refractivity contribution is -0.121. The second-order valence-corrected chi connectivity index (χ2v) is 6.98. The van der Waals surface area contributed by atoms with Crippen molar-refractivity contribution in [2.75, 3.05) is 0 Å². The van der Waals surface area contributed by atoms with Crippen molar-refractivity contribution >= 4 is 57.6 Å². The zero-order valence-corrected chi connectivity index (χ0v) is 16.9. The number of amides is 2. The summed E-state index contributed by atoms with van der Waals surface area (Å²) in [6, 6.07) is 20.8. The van der Waals surface area contributed by atoms with Crippen LogP contribution in [0.3, 0.4) is 0 Å². The van der Waals surface area contributed by atoms with Gasteiger partial charge < -0.3 is 0 Å². The van der Waals surface area contributed by atoms with Gasteiger partial charge in [-0.05, 0) is 46.3 Å². The van der Waals surface area contributed by atoms with Crippen LogP contribution in [0.25, 0.3) is 16.8 Å². The number of hydrogen-bond acceptors (Lipinski definition) is 3. The maximum Gasteiger partial charge on any atom is 0.250 e. The van der Waals surface area contributed by atoms with E-state index in [1.54, 1.807) is 24.3 Å². The first-order valence-electron chi connectivity index (χ1n) is 8.82. The molecule has 2 amide bonds. The first kappa shape index (κ1) is 20.5. The molecule has 0 aliphatic heterocycles. The third-order valence-electron chi connectivity index (χ3n) is 4.10. The van der Waals surface area contributed by atoms with Crippen LogP contribution in [0, 0.1) is 0 Å². The second kappa shape index (κ2) is 9.82. The van der Waals surface area contributed by atoms with E-state index in [0.29, 0.717) is 10.6 Å². The summed E-state index contributed by atoms with van der Waals surface area (Å²) in [5.41, 5.74) is 6.64. The standard InChI is InChI=1S/C22H18ClN3O2S/c23-19-11-4-2-7-16(19)12-13-20(27)24-22(29)26-25-21(28)14-17-9-5-8-15-6-1-3-10-18(15)17/h1-13H,14H2,(H,25,28)(H2,24,26,27,29)/b13-12+. The average Bonchev–Trinajstić information content (AvgIpc) is 2.72. The van der Waals surface area contributed by atoms with E-state index in [4.69, 9.17) is 23.8 Å². The SMILES string of the molecule is O=C(/C=C/c1ccccc1Cl)NC(=S)NNC(=O)Cc1cccc2ccccc12. The van der Waals surface area contributed by atoms with E-state index in [9.17, 15) is 9.59 Å². The van der Waals surface area contributed by atoms with Crippen LogP contribution < -0.4 is 16.2 Å². The molecule has 146 valence electrons. The largest absolute Gasteiger partial charge is 0.298 e. The molecule has 0 unspecified atom stereocenters. The molecule has 3 aromatic carbocycles. The van der Waals surface area contributed by atoms with Crippen molar-refractivity contribution in [2.24, 2.45) is 0 Å². The molecule has 0 aliphatic rings. The lowest BCUT2D eigenvalue weighted by atomic mass is 10.0. The molecule has 3 N–H and O–H groups in total. The lowest BCUT2D eigenvalue weighted by Crippen LogP contribution is -2.48. The zero-order valence-electron chi connectivity index (χ0n) is 15.3. The van der Waals surface area contributed by atoms with E-state index in [0.717, 1.165) is 16.3 Å². The van der Waals surface area contributed by atoms with Gasteiger partial charge in [-0.1, -0.05) is 72.3 Å². The summed E-state index contributed by atoms with van der Waals surface area (Å²) < 4.78 is 0. The Labute approximate surface area is 178 Å². The Hall–Kier alpha value is -3.22. The molecule has 3 rings (SSSR count). The number of carbonyl (C=O) groups is 2. The molecule has 5 nitrogen and oxygen atoms in total. The van der Waals surface area contributed by atoms with E-state index in [1.807, 2.05) is 48.5 Å². The van der Waals surface area contributed by atoms with Crippen molar-refractivity contribution in [3.05, 3.63) is 89.0 Å². The molecular weight excluding hydrogens is 406 g/mol. The van der Waals surface area contributed by atoms with Crippen molar-refractivity contribution in [3.63, 3.8) is 0 Å². The van der Waals surface area contributed by atoms with Gasteiger partial charge in [0.25, 0.3) is 0 Å². The first-order valence-corrected chi connectivity index (χ1v) is 9.60. The molecule has 0 heterocycles. The number of thiocarbonyl (C=S) groups is 1. The molecule has 0 aromatic heterocycles. The van der Waals surface area contributed by atoms with Crippen molar-refractivity contribution < 1.29 is 9.59 Å². The van der Waals surface area contributed by atoms with Gasteiger partial charge in [-0.3, -0.25) is 25.8 Å². The molecule has 3 aromatic rings. The third-order valence-corrected chi connectivity index (χ3v) is 4.65. The van der Waals surface area contributed by atoms with Crippen molar-refractivity contribution in [1.29, 1.82) is 0 Å². The number of nitrogens with one attached hydrogen (secondary N) is 3. The highest BCUT2D eigenvalue weighted by atomic mass is 35.5. The Morgan fingerprint density at radius 2 is 1.66 bits per heavy atom. The molecule has 0 atom stereocenters. The molecular formula is C22H18ClN3O2S. The van der Waals surface area contributed by atoms with Crippen molar-refractivity contribution in [3.8, 4) is 0 Å². The highest BCUT2D eigenvalue weighted by molar-refractivity contribution is 7.80. The summed E-state index contributed by atoms with van der Waals surface area (Å²) in [6.45, 7) is 0.